The van der Waals surface area contributed by atoms with Crippen LogP contribution in [0.15, 0.2) is 30.3 Å². The van der Waals surface area contributed by atoms with E-state index >= 15 is 0 Å². The van der Waals surface area contributed by atoms with Crippen molar-refractivity contribution in [1.82, 2.24) is 5.32 Å². The lowest BCUT2D eigenvalue weighted by Gasteiger charge is -2.40. The summed E-state index contributed by atoms with van der Waals surface area (Å²) in [6.45, 7) is 10.2. The molecule has 0 spiro atoms. The molecule has 1 saturated heterocycles. The molecule has 2 atom stereocenters. The van der Waals surface area contributed by atoms with Gasteiger partial charge in [-0.3, -0.25) is 0 Å². The molecule has 3 heteroatoms. The summed E-state index contributed by atoms with van der Waals surface area (Å²) in [4.78, 5) is 2.46. The van der Waals surface area contributed by atoms with E-state index in [-0.39, 0.29) is 0 Å². The maximum atomic E-state index is 9.28. The minimum atomic E-state index is 0.291. The van der Waals surface area contributed by atoms with Gasteiger partial charge in [0.25, 0.3) is 0 Å². The molecule has 1 aliphatic rings. The summed E-state index contributed by atoms with van der Waals surface area (Å²) in [5, 5.41) is 13.0. The largest absolute Gasteiger partial charge is 0.396 e. The SMILES string of the molecule is CC(C)(C)CNC1CC(CCO)CN(c2ccccc2)C1. The smallest absolute Gasteiger partial charge is 0.0434 e. The Morgan fingerprint density at radius 2 is 1.90 bits per heavy atom. The molecule has 2 unspecified atom stereocenters. The van der Waals surface area contributed by atoms with Crippen LogP contribution in [0.2, 0.25) is 0 Å². The number of anilines is 1. The lowest BCUT2D eigenvalue weighted by molar-refractivity contribution is 0.224. The number of aliphatic hydroxyl groups is 1. The Balaban J connectivity index is 2.01. The Morgan fingerprint density at radius 1 is 1.19 bits per heavy atom. The summed E-state index contributed by atoms with van der Waals surface area (Å²) in [6.07, 6.45) is 2.07. The molecule has 21 heavy (non-hydrogen) atoms. The van der Waals surface area contributed by atoms with Crippen LogP contribution in [0.25, 0.3) is 0 Å². The molecule has 0 radical (unpaired) electrons. The van der Waals surface area contributed by atoms with Gasteiger partial charge in [0, 0.05) is 38.0 Å². The summed E-state index contributed by atoms with van der Waals surface area (Å²) in [7, 11) is 0. The van der Waals surface area contributed by atoms with Crippen LogP contribution in [0.4, 0.5) is 5.69 Å². The summed E-state index contributed by atoms with van der Waals surface area (Å²) in [5.74, 6) is 0.571. The van der Waals surface area contributed by atoms with Gasteiger partial charge in [-0.05, 0) is 36.3 Å². The third-order valence-corrected chi connectivity index (χ3v) is 4.12. The molecule has 2 N–H and O–H groups in total. The first-order valence-electron chi connectivity index (χ1n) is 8.12. The molecule has 118 valence electrons. The topological polar surface area (TPSA) is 35.5 Å². The number of rotatable bonds is 5. The van der Waals surface area contributed by atoms with Crippen LogP contribution in [-0.2, 0) is 0 Å². The number of para-hydroxylation sites is 1. The Morgan fingerprint density at radius 3 is 2.52 bits per heavy atom. The van der Waals surface area contributed by atoms with Gasteiger partial charge < -0.3 is 15.3 Å². The molecular weight excluding hydrogens is 260 g/mol. The van der Waals surface area contributed by atoms with Gasteiger partial charge in [-0.15, -0.1) is 0 Å². The van der Waals surface area contributed by atoms with Crippen LogP contribution < -0.4 is 10.2 Å². The third-order valence-electron chi connectivity index (χ3n) is 4.12. The molecule has 1 heterocycles. The number of nitrogens with zero attached hydrogens (tertiary/aromatic N) is 1. The molecule has 0 aromatic heterocycles. The van der Waals surface area contributed by atoms with Crippen molar-refractivity contribution in [3.63, 3.8) is 0 Å². The van der Waals surface area contributed by atoms with Crippen LogP contribution in [0.5, 0.6) is 0 Å². The average molecular weight is 290 g/mol. The molecule has 2 rings (SSSR count). The summed E-state index contributed by atoms with van der Waals surface area (Å²) < 4.78 is 0. The van der Waals surface area contributed by atoms with E-state index in [0.29, 0.717) is 24.0 Å². The Hall–Kier alpha value is -1.06. The second-order valence-electron chi connectivity index (χ2n) is 7.49. The van der Waals surface area contributed by atoms with E-state index in [1.165, 1.54) is 12.1 Å². The van der Waals surface area contributed by atoms with Gasteiger partial charge in [0.05, 0.1) is 0 Å². The standard InChI is InChI=1S/C18H30N2O/c1-18(2,3)14-19-16-11-15(9-10-21)12-20(13-16)17-7-5-4-6-8-17/h4-8,15-16,19,21H,9-14H2,1-3H3. The first-order valence-corrected chi connectivity index (χ1v) is 8.12. The van der Waals surface area contributed by atoms with Gasteiger partial charge in [0.2, 0.25) is 0 Å². The van der Waals surface area contributed by atoms with E-state index in [1.807, 2.05) is 0 Å². The Bertz CT molecular complexity index is 413. The number of aliphatic hydroxyl groups excluding tert-OH is 1. The highest BCUT2D eigenvalue weighted by molar-refractivity contribution is 5.46. The van der Waals surface area contributed by atoms with Crippen molar-refractivity contribution in [1.29, 1.82) is 0 Å². The summed E-state index contributed by atoms with van der Waals surface area (Å²) in [5.41, 5.74) is 1.60. The van der Waals surface area contributed by atoms with Gasteiger partial charge in [-0.1, -0.05) is 39.0 Å². The van der Waals surface area contributed by atoms with Crippen molar-refractivity contribution < 1.29 is 5.11 Å². The van der Waals surface area contributed by atoms with E-state index in [4.69, 9.17) is 0 Å². The first kappa shape index (κ1) is 16.3. The van der Waals surface area contributed by atoms with Crippen molar-refractivity contribution in [2.75, 3.05) is 31.1 Å². The van der Waals surface area contributed by atoms with E-state index in [2.05, 4.69) is 61.3 Å². The predicted molar refractivity (Wildman–Crippen MR) is 89.7 cm³/mol. The first-order chi connectivity index (χ1) is 9.98. The Labute approximate surface area is 129 Å². The van der Waals surface area contributed by atoms with Gasteiger partial charge in [0.15, 0.2) is 0 Å². The zero-order valence-electron chi connectivity index (χ0n) is 13.7. The van der Waals surface area contributed by atoms with E-state index in [0.717, 1.165) is 26.1 Å². The zero-order chi connectivity index (χ0) is 15.3. The van der Waals surface area contributed by atoms with Gasteiger partial charge in [-0.2, -0.15) is 0 Å². The zero-order valence-corrected chi connectivity index (χ0v) is 13.7. The van der Waals surface area contributed by atoms with Crippen LogP contribution in [-0.4, -0.2) is 37.4 Å². The lowest BCUT2D eigenvalue weighted by atomic mass is 9.90. The highest BCUT2D eigenvalue weighted by atomic mass is 16.3. The second kappa shape index (κ2) is 7.28. The lowest BCUT2D eigenvalue weighted by Crippen LogP contribution is -2.51. The fourth-order valence-electron chi connectivity index (χ4n) is 3.04. The maximum absolute atomic E-state index is 9.28. The second-order valence-corrected chi connectivity index (χ2v) is 7.49. The van der Waals surface area contributed by atoms with E-state index < -0.39 is 0 Å². The normalized spacial score (nSPS) is 23.3. The molecule has 1 aliphatic heterocycles. The highest BCUT2D eigenvalue weighted by Crippen LogP contribution is 2.25. The molecule has 1 fully saturated rings. The van der Waals surface area contributed by atoms with Crippen LogP contribution in [0.1, 0.15) is 33.6 Å². The minimum absolute atomic E-state index is 0.291. The van der Waals surface area contributed by atoms with Crippen molar-refractivity contribution in [3.05, 3.63) is 30.3 Å². The van der Waals surface area contributed by atoms with Gasteiger partial charge >= 0.3 is 0 Å². The number of benzene rings is 1. The predicted octanol–water partition coefficient (Wildman–Crippen LogP) is 2.90. The molecule has 1 aromatic rings. The van der Waals surface area contributed by atoms with Crippen LogP contribution >= 0.6 is 0 Å². The molecular formula is C18H30N2O. The maximum Gasteiger partial charge on any atom is 0.0434 e. The van der Waals surface area contributed by atoms with E-state index in [9.17, 15) is 5.11 Å². The fraction of sp³-hybridized carbons (Fsp3) is 0.667. The molecule has 1 aromatic carbocycles. The molecule has 0 saturated carbocycles. The molecule has 0 amide bonds. The number of nitrogens with one attached hydrogen (secondary N) is 1. The number of hydrogen-bond acceptors (Lipinski definition) is 3. The summed E-state index contributed by atoms with van der Waals surface area (Å²) in [6, 6.07) is 11.1. The van der Waals surface area contributed by atoms with Gasteiger partial charge in [-0.25, -0.2) is 0 Å². The molecule has 0 bridgehead atoms. The van der Waals surface area contributed by atoms with Crippen LogP contribution in [0.3, 0.4) is 0 Å². The third kappa shape index (κ3) is 5.33. The molecule has 0 aliphatic carbocycles. The van der Waals surface area contributed by atoms with Crippen molar-refractivity contribution in [2.45, 2.75) is 39.7 Å². The number of hydrogen-bond donors (Lipinski definition) is 2. The monoisotopic (exact) mass is 290 g/mol. The molecule has 3 nitrogen and oxygen atoms in total. The number of piperidine rings is 1. The van der Waals surface area contributed by atoms with Gasteiger partial charge in [0.1, 0.15) is 0 Å². The fourth-order valence-corrected chi connectivity index (χ4v) is 3.04. The minimum Gasteiger partial charge on any atom is -0.396 e. The van der Waals surface area contributed by atoms with E-state index in [1.54, 1.807) is 0 Å². The van der Waals surface area contributed by atoms with Crippen LogP contribution in [0, 0.1) is 11.3 Å². The average Bonchev–Trinajstić information content (AvgIpc) is 2.46. The Kier molecular flexibility index (Phi) is 5.65. The van der Waals surface area contributed by atoms with Crippen molar-refractivity contribution in [3.8, 4) is 0 Å². The summed E-state index contributed by atoms with van der Waals surface area (Å²) >= 11 is 0. The quantitative estimate of drug-likeness (QED) is 0.875. The van der Waals surface area contributed by atoms with Crippen molar-refractivity contribution >= 4 is 5.69 Å². The highest BCUT2D eigenvalue weighted by Gasteiger charge is 2.27. The van der Waals surface area contributed by atoms with Crippen molar-refractivity contribution in [2.24, 2.45) is 11.3 Å².